The first-order valence-electron chi connectivity index (χ1n) is 12.7. The number of aromatic nitrogens is 3. The van der Waals surface area contributed by atoms with Crippen LogP contribution in [0.1, 0.15) is 33.3 Å². The van der Waals surface area contributed by atoms with E-state index in [1.807, 2.05) is 20.0 Å². The minimum absolute atomic E-state index is 0.299. The number of benzene rings is 2. The summed E-state index contributed by atoms with van der Waals surface area (Å²) in [7, 11) is -3.11. The van der Waals surface area contributed by atoms with Crippen LogP contribution < -0.4 is 10.2 Å². The average Bonchev–Trinajstić information content (AvgIpc) is 3.33. The maximum atomic E-state index is 13.0. The molecule has 0 aliphatic carbocycles. The number of alkyl halides is 3. The average molecular weight is 544 g/mol. The molecule has 1 fully saturated rings. The number of hydrogen-bond acceptors (Lipinski definition) is 5. The van der Waals surface area contributed by atoms with Gasteiger partial charge in [-0.25, -0.2) is 13.7 Å². The molecule has 6 nitrogen and oxygen atoms in total. The quantitative estimate of drug-likeness (QED) is 0.332. The van der Waals surface area contributed by atoms with Crippen LogP contribution >= 0.6 is 0 Å². The third-order valence-electron chi connectivity index (χ3n) is 6.61. The van der Waals surface area contributed by atoms with E-state index in [2.05, 4.69) is 58.4 Å². The van der Waals surface area contributed by atoms with E-state index in [0.29, 0.717) is 28.9 Å². The summed E-state index contributed by atoms with van der Waals surface area (Å²) in [5.74, 6) is 0. The van der Waals surface area contributed by atoms with E-state index in [0.717, 1.165) is 29.8 Å². The van der Waals surface area contributed by atoms with E-state index in [9.17, 15) is 17.4 Å². The molecule has 5 rings (SSSR count). The molecule has 2 aromatic carbocycles. The van der Waals surface area contributed by atoms with Crippen molar-refractivity contribution in [2.45, 2.75) is 57.1 Å². The molecule has 0 amide bonds. The first-order valence-corrected chi connectivity index (χ1v) is 13.8. The lowest BCUT2D eigenvalue weighted by Gasteiger charge is -2.41. The summed E-state index contributed by atoms with van der Waals surface area (Å²) in [6.45, 7) is 12.1. The molecule has 3 heterocycles. The molecule has 0 radical (unpaired) electrons. The molecule has 3 unspecified atom stereocenters. The highest BCUT2D eigenvalue weighted by molar-refractivity contribution is 7.86. The van der Waals surface area contributed by atoms with Crippen LogP contribution in [0.25, 0.3) is 27.9 Å². The van der Waals surface area contributed by atoms with Gasteiger partial charge in [-0.2, -0.15) is 18.3 Å². The van der Waals surface area contributed by atoms with Crippen molar-refractivity contribution in [1.82, 2.24) is 19.9 Å². The molecule has 10 heteroatoms. The number of fused-ring (bicyclic) bond motifs is 1. The largest absolute Gasteiger partial charge is 0.475 e. The summed E-state index contributed by atoms with van der Waals surface area (Å²) in [5, 5.41) is 7.84. The molecule has 1 aliphatic rings. The molecule has 202 valence electrons. The van der Waals surface area contributed by atoms with Gasteiger partial charge in [-0.05, 0) is 61.7 Å². The normalized spacial score (nSPS) is 18.7. The van der Waals surface area contributed by atoms with Crippen molar-refractivity contribution in [2.24, 2.45) is 0 Å². The first kappa shape index (κ1) is 27.8. The summed E-state index contributed by atoms with van der Waals surface area (Å²) < 4.78 is 52.5. The van der Waals surface area contributed by atoms with Crippen molar-refractivity contribution >= 4 is 22.1 Å². The first-order chi connectivity index (χ1) is 18.1. The minimum atomic E-state index is -4.82. The Labute approximate surface area is 223 Å². The van der Waals surface area contributed by atoms with Crippen LogP contribution in [0.5, 0.6) is 0 Å². The van der Waals surface area contributed by atoms with Crippen LogP contribution in [0.15, 0.2) is 66.0 Å². The van der Waals surface area contributed by atoms with Crippen molar-refractivity contribution in [2.75, 3.05) is 18.0 Å². The molecular formula is C28H32F3N5OS. The van der Waals surface area contributed by atoms with Crippen LogP contribution in [0.3, 0.4) is 0 Å². The maximum absolute atomic E-state index is 13.0. The zero-order chi connectivity index (χ0) is 27.6. The van der Waals surface area contributed by atoms with Gasteiger partial charge >= 0.3 is 5.51 Å². The fourth-order valence-electron chi connectivity index (χ4n) is 4.82. The van der Waals surface area contributed by atoms with Gasteiger partial charge in [0.2, 0.25) is 0 Å². The lowest BCUT2D eigenvalue weighted by molar-refractivity contribution is -0.0384. The van der Waals surface area contributed by atoms with Gasteiger partial charge in [0.05, 0.1) is 6.20 Å². The number of piperazine rings is 1. The van der Waals surface area contributed by atoms with E-state index in [4.69, 9.17) is 0 Å². The summed E-state index contributed by atoms with van der Waals surface area (Å²) >= 11 is 0. The third-order valence-corrected chi connectivity index (χ3v) is 7.71. The zero-order valence-electron chi connectivity index (χ0n) is 22.1. The van der Waals surface area contributed by atoms with E-state index in [1.54, 1.807) is 23.8 Å². The van der Waals surface area contributed by atoms with Gasteiger partial charge < -0.3 is 10.2 Å². The minimum Gasteiger partial charge on any atom is -0.364 e. The highest BCUT2D eigenvalue weighted by Crippen LogP contribution is 2.33. The van der Waals surface area contributed by atoms with Crippen LogP contribution in [0, 0.1) is 6.92 Å². The van der Waals surface area contributed by atoms with Crippen LogP contribution in [-0.4, -0.2) is 49.5 Å². The molecule has 38 heavy (non-hydrogen) atoms. The van der Waals surface area contributed by atoms with Crippen molar-refractivity contribution in [3.8, 4) is 22.3 Å². The number of anilines is 1. The van der Waals surface area contributed by atoms with E-state index >= 15 is 0 Å². The molecule has 1 saturated heterocycles. The molecule has 0 bridgehead atoms. The maximum Gasteiger partial charge on any atom is 0.475 e. The predicted molar refractivity (Wildman–Crippen MR) is 147 cm³/mol. The standard InChI is InChI=1S/C26H26F3N5OS.C2H6/c1-16-4-9-22(36(35)26(27,28)29)10-23(16)24-14-32-33-15-20(13-31-25(24)33)19-5-7-21(8-6-19)34-17(2)11-30-12-18(34)3;1-2/h4-10,13-15,17-18,30H,11-12H2,1-3H3;1-2H3. The van der Waals surface area contributed by atoms with E-state index < -0.39 is 16.3 Å². The van der Waals surface area contributed by atoms with Gasteiger partial charge in [0, 0.05) is 59.3 Å². The Bertz CT molecular complexity index is 1420. The molecular weight excluding hydrogens is 511 g/mol. The fourth-order valence-corrected chi connectivity index (χ4v) is 5.50. The van der Waals surface area contributed by atoms with Crippen LogP contribution in [0.2, 0.25) is 0 Å². The summed E-state index contributed by atoms with van der Waals surface area (Å²) in [4.78, 5) is 6.70. The Morgan fingerprint density at radius 2 is 1.61 bits per heavy atom. The summed E-state index contributed by atoms with van der Waals surface area (Å²) in [6.07, 6.45) is 5.16. The Balaban J connectivity index is 0.00000164. The molecule has 0 spiro atoms. The SMILES string of the molecule is CC.Cc1ccc(S(=O)C(F)(F)F)cc1-c1cnn2cc(-c3ccc(N4C(C)CNCC4C)cc3)cnc12. The van der Waals surface area contributed by atoms with Crippen molar-refractivity contribution < 1.29 is 17.4 Å². The monoisotopic (exact) mass is 543 g/mol. The van der Waals surface area contributed by atoms with Gasteiger partial charge in [-0.1, -0.05) is 32.0 Å². The lowest BCUT2D eigenvalue weighted by atomic mass is 10.0. The summed E-state index contributed by atoms with van der Waals surface area (Å²) in [5.41, 5.74) is 0.552. The Morgan fingerprint density at radius 3 is 2.24 bits per heavy atom. The molecule has 2 aromatic heterocycles. The number of nitrogens with one attached hydrogen (secondary N) is 1. The lowest BCUT2D eigenvalue weighted by Crippen LogP contribution is -2.55. The van der Waals surface area contributed by atoms with Crippen molar-refractivity contribution in [1.29, 1.82) is 0 Å². The van der Waals surface area contributed by atoms with Gasteiger partial charge in [0.1, 0.15) is 0 Å². The zero-order valence-corrected chi connectivity index (χ0v) is 22.9. The van der Waals surface area contributed by atoms with Gasteiger partial charge in [0.15, 0.2) is 16.4 Å². The smallest absolute Gasteiger partial charge is 0.364 e. The number of hydrogen-bond donors (Lipinski definition) is 1. The fraction of sp³-hybridized carbons (Fsp3) is 0.357. The van der Waals surface area contributed by atoms with Gasteiger partial charge in [0.25, 0.3) is 0 Å². The third kappa shape index (κ3) is 5.47. The molecule has 4 aromatic rings. The Hall–Kier alpha value is -3.24. The number of halogens is 3. The predicted octanol–water partition coefficient (Wildman–Crippen LogP) is 6.21. The second-order valence-electron chi connectivity index (χ2n) is 9.17. The highest BCUT2D eigenvalue weighted by atomic mass is 32.2. The van der Waals surface area contributed by atoms with Crippen molar-refractivity contribution in [3.63, 3.8) is 0 Å². The van der Waals surface area contributed by atoms with Crippen LogP contribution in [0.4, 0.5) is 18.9 Å². The topological polar surface area (TPSA) is 62.5 Å². The van der Waals surface area contributed by atoms with Crippen molar-refractivity contribution in [3.05, 3.63) is 66.6 Å². The second kappa shape index (κ2) is 11.2. The highest BCUT2D eigenvalue weighted by Gasteiger charge is 2.38. The number of rotatable bonds is 4. The second-order valence-corrected chi connectivity index (χ2v) is 10.6. The molecule has 0 saturated carbocycles. The van der Waals surface area contributed by atoms with E-state index in [-0.39, 0.29) is 4.90 Å². The molecule has 3 atom stereocenters. The molecule has 1 N–H and O–H groups in total. The van der Waals surface area contributed by atoms with Gasteiger partial charge in [-0.15, -0.1) is 0 Å². The van der Waals surface area contributed by atoms with Crippen LogP contribution in [-0.2, 0) is 10.8 Å². The van der Waals surface area contributed by atoms with Gasteiger partial charge in [-0.3, -0.25) is 0 Å². The Morgan fingerprint density at radius 1 is 0.947 bits per heavy atom. The van der Waals surface area contributed by atoms with E-state index in [1.165, 1.54) is 23.9 Å². The Kier molecular flexibility index (Phi) is 8.22. The molecule has 1 aliphatic heterocycles. The number of aryl methyl sites for hydroxylation is 1. The summed E-state index contributed by atoms with van der Waals surface area (Å²) in [6, 6.07) is 13.2. The number of nitrogens with zero attached hydrogens (tertiary/aromatic N) is 4.